The van der Waals surface area contributed by atoms with Gasteiger partial charge in [0.25, 0.3) is 0 Å². The molecular formula is C12H15FN2O2S. The van der Waals surface area contributed by atoms with Gasteiger partial charge in [-0.15, -0.1) is 0 Å². The van der Waals surface area contributed by atoms with Crippen LogP contribution in [0.2, 0.25) is 0 Å². The van der Waals surface area contributed by atoms with Crippen molar-refractivity contribution in [2.24, 2.45) is 0 Å². The number of nitrogens with zero attached hydrogens (tertiary/aromatic N) is 2. The highest BCUT2D eigenvalue weighted by atomic mass is 32.3. The lowest BCUT2D eigenvalue weighted by Gasteiger charge is -2.03. The van der Waals surface area contributed by atoms with E-state index in [0.29, 0.717) is 12.1 Å². The molecule has 0 saturated carbocycles. The van der Waals surface area contributed by atoms with Crippen LogP contribution in [0.25, 0.3) is 5.65 Å². The zero-order valence-electron chi connectivity index (χ0n) is 10.5. The van der Waals surface area contributed by atoms with Crippen molar-refractivity contribution in [2.75, 3.05) is 0 Å². The quantitative estimate of drug-likeness (QED) is 0.806. The second-order valence-corrected chi connectivity index (χ2v) is 5.74. The first-order valence-corrected chi connectivity index (χ1v) is 7.19. The molecule has 6 heteroatoms. The first-order chi connectivity index (χ1) is 8.36. The lowest BCUT2D eigenvalue weighted by atomic mass is 10.1. The molecule has 0 aromatic carbocycles. The molecule has 0 aliphatic rings. The summed E-state index contributed by atoms with van der Waals surface area (Å²) >= 11 is 0. The molecule has 0 spiro atoms. The molecule has 0 bridgehead atoms. The normalized spacial score (nSPS) is 12.5. The highest BCUT2D eigenvalue weighted by molar-refractivity contribution is 7.86. The Morgan fingerprint density at radius 1 is 1.44 bits per heavy atom. The molecule has 0 aliphatic carbocycles. The Kier molecular flexibility index (Phi) is 3.14. The van der Waals surface area contributed by atoms with Crippen LogP contribution in [0.1, 0.15) is 37.9 Å². The minimum atomic E-state index is -4.79. The van der Waals surface area contributed by atoms with Gasteiger partial charge in [-0.3, -0.25) is 4.40 Å². The predicted octanol–water partition coefficient (Wildman–Crippen LogP) is 2.68. The summed E-state index contributed by atoms with van der Waals surface area (Å²) in [5.74, 6) is -0.157. The van der Waals surface area contributed by atoms with Gasteiger partial charge < -0.3 is 0 Å². The smallest absolute Gasteiger partial charge is 0.288 e. The van der Waals surface area contributed by atoms with Gasteiger partial charge in [-0.2, -0.15) is 8.42 Å². The lowest BCUT2D eigenvalue weighted by molar-refractivity contribution is 0.543. The van der Waals surface area contributed by atoms with Crippen molar-refractivity contribution in [1.29, 1.82) is 0 Å². The second-order valence-electron chi connectivity index (χ2n) is 4.48. The number of hydrogen-bond acceptors (Lipinski definition) is 3. The Bertz CT molecular complexity index is 689. The summed E-state index contributed by atoms with van der Waals surface area (Å²) in [6, 6.07) is 3.56. The maximum absolute atomic E-state index is 13.5. The minimum absolute atomic E-state index is 0.157. The zero-order valence-corrected chi connectivity index (χ0v) is 11.3. The molecule has 0 amide bonds. The standard InChI is InChI=1S/C12H15FN2O2S/c1-4-9-6-5-7-15-11(9)14-10(8(2)3)12(15)18(13,16)17/h5-8H,4H2,1-3H3. The number of pyridine rings is 1. The van der Waals surface area contributed by atoms with E-state index in [1.807, 2.05) is 13.0 Å². The average molecular weight is 270 g/mol. The van der Waals surface area contributed by atoms with Crippen molar-refractivity contribution in [3.8, 4) is 0 Å². The monoisotopic (exact) mass is 270 g/mol. The van der Waals surface area contributed by atoms with E-state index in [2.05, 4.69) is 4.98 Å². The Balaban J connectivity index is 2.93. The fraction of sp³-hybridized carbons (Fsp3) is 0.417. The van der Waals surface area contributed by atoms with Crippen LogP contribution in [0.3, 0.4) is 0 Å². The van der Waals surface area contributed by atoms with Gasteiger partial charge >= 0.3 is 10.2 Å². The number of aromatic nitrogens is 2. The van der Waals surface area contributed by atoms with Crippen LogP contribution in [0.15, 0.2) is 23.4 Å². The molecular weight excluding hydrogens is 255 g/mol. The van der Waals surface area contributed by atoms with Gasteiger partial charge in [-0.25, -0.2) is 4.98 Å². The molecule has 0 N–H and O–H groups in total. The van der Waals surface area contributed by atoms with E-state index in [1.165, 1.54) is 10.6 Å². The second kappa shape index (κ2) is 4.35. The van der Waals surface area contributed by atoms with E-state index in [4.69, 9.17) is 0 Å². The molecule has 2 aromatic heterocycles. The van der Waals surface area contributed by atoms with Crippen molar-refractivity contribution in [3.05, 3.63) is 29.6 Å². The van der Waals surface area contributed by atoms with Gasteiger partial charge in [0, 0.05) is 6.20 Å². The summed E-state index contributed by atoms with van der Waals surface area (Å²) in [6.45, 7) is 5.53. The number of hydrogen-bond donors (Lipinski definition) is 0. The van der Waals surface area contributed by atoms with Crippen molar-refractivity contribution < 1.29 is 12.3 Å². The third-order valence-corrected chi connectivity index (χ3v) is 3.74. The SMILES string of the molecule is CCc1cccn2c(S(=O)(=O)F)c(C(C)C)nc12. The maximum atomic E-state index is 13.5. The van der Waals surface area contributed by atoms with Crippen molar-refractivity contribution >= 4 is 15.9 Å². The largest absolute Gasteiger partial charge is 0.350 e. The molecule has 18 heavy (non-hydrogen) atoms. The van der Waals surface area contributed by atoms with E-state index >= 15 is 0 Å². The topological polar surface area (TPSA) is 51.4 Å². The Morgan fingerprint density at radius 3 is 2.61 bits per heavy atom. The number of aryl methyl sites for hydroxylation is 1. The molecule has 2 heterocycles. The maximum Gasteiger partial charge on any atom is 0.350 e. The minimum Gasteiger partial charge on any atom is -0.288 e. The molecule has 4 nitrogen and oxygen atoms in total. The first-order valence-electron chi connectivity index (χ1n) is 5.80. The predicted molar refractivity (Wildman–Crippen MR) is 67.0 cm³/mol. The molecule has 2 aromatic rings. The van der Waals surface area contributed by atoms with Crippen LogP contribution in [0.4, 0.5) is 3.89 Å². The highest BCUT2D eigenvalue weighted by Crippen LogP contribution is 2.27. The van der Waals surface area contributed by atoms with Gasteiger partial charge in [0.1, 0.15) is 5.65 Å². The summed E-state index contributed by atoms with van der Waals surface area (Å²) in [5.41, 5.74) is 1.69. The van der Waals surface area contributed by atoms with E-state index < -0.39 is 10.2 Å². The fourth-order valence-electron chi connectivity index (χ4n) is 2.01. The summed E-state index contributed by atoms with van der Waals surface area (Å²) in [7, 11) is -4.79. The highest BCUT2D eigenvalue weighted by Gasteiger charge is 2.26. The summed E-state index contributed by atoms with van der Waals surface area (Å²) in [5, 5.41) is -0.345. The Labute approximate surface area is 106 Å². The molecule has 0 fully saturated rings. The molecule has 0 atom stereocenters. The van der Waals surface area contributed by atoms with Gasteiger partial charge in [0.05, 0.1) is 5.69 Å². The summed E-state index contributed by atoms with van der Waals surface area (Å²) in [6.07, 6.45) is 2.24. The third kappa shape index (κ3) is 2.01. The van der Waals surface area contributed by atoms with Gasteiger partial charge in [0.15, 0.2) is 5.03 Å². The van der Waals surface area contributed by atoms with Crippen molar-refractivity contribution in [3.63, 3.8) is 0 Å². The molecule has 2 rings (SSSR count). The van der Waals surface area contributed by atoms with Gasteiger partial charge in [0.2, 0.25) is 0 Å². The van der Waals surface area contributed by atoms with E-state index in [1.54, 1.807) is 19.9 Å². The van der Waals surface area contributed by atoms with Gasteiger partial charge in [-0.1, -0.05) is 30.7 Å². The molecule has 0 radical (unpaired) electrons. The van der Waals surface area contributed by atoms with Crippen molar-refractivity contribution in [1.82, 2.24) is 9.38 Å². The Morgan fingerprint density at radius 2 is 2.11 bits per heavy atom. The van der Waals surface area contributed by atoms with E-state index in [0.717, 1.165) is 5.56 Å². The number of fused-ring (bicyclic) bond motifs is 1. The molecule has 0 saturated heterocycles. The zero-order chi connectivity index (χ0) is 13.5. The number of rotatable bonds is 3. The third-order valence-electron chi connectivity index (χ3n) is 2.87. The van der Waals surface area contributed by atoms with Crippen LogP contribution >= 0.6 is 0 Å². The van der Waals surface area contributed by atoms with E-state index in [9.17, 15) is 12.3 Å². The molecule has 98 valence electrons. The number of halogens is 1. The first kappa shape index (κ1) is 13.0. The summed E-state index contributed by atoms with van der Waals surface area (Å²) < 4.78 is 37.4. The van der Waals surface area contributed by atoms with Crippen LogP contribution in [0, 0.1) is 0 Å². The lowest BCUT2D eigenvalue weighted by Crippen LogP contribution is -2.03. The molecule has 0 aliphatic heterocycles. The fourth-order valence-corrected chi connectivity index (χ4v) is 2.93. The molecule has 0 unspecified atom stereocenters. The van der Waals surface area contributed by atoms with Crippen molar-refractivity contribution in [2.45, 2.75) is 38.1 Å². The average Bonchev–Trinajstić information content (AvgIpc) is 2.67. The Hall–Kier alpha value is -1.43. The number of imidazole rings is 1. The van der Waals surface area contributed by atoms with Crippen LogP contribution in [-0.4, -0.2) is 17.8 Å². The van der Waals surface area contributed by atoms with Crippen LogP contribution in [-0.2, 0) is 16.6 Å². The van der Waals surface area contributed by atoms with Crippen LogP contribution in [0.5, 0.6) is 0 Å². The summed E-state index contributed by atoms with van der Waals surface area (Å²) in [4.78, 5) is 4.29. The van der Waals surface area contributed by atoms with Crippen LogP contribution < -0.4 is 0 Å². The van der Waals surface area contributed by atoms with Gasteiger partial charge in [-0.05, 0) is 24.0 Å². The van der Waals surface area contributed by atoms with E-state index in [-0.39, 0.29) is 16.6 Å².